The third-order valence-corrected chi connectivity index (χ3v) is 4.00. The second-order valence-corrected chi connectivity index (χ2v) is 5.17. The lowest BCUT2D eigenvalue weighted by Crippen LogP contribution is -2.37. The highest BCUT2D eigenvalue weighted by atomic mass is 19.4. The zero-order chi connectivity index (χ0) is 14.4. The van der Waals surface area contributed by atoms with E-state index in [2.05, 4.69) is 0 Å². The molecule has 1 atom stereocenters. The molecular weight excluding hydrogens is 263 g/mol. The molecule has 1 nitrogen and oxygen atoms in total. The van der Waals surface area contributed by atoms with Gasteiger partial charge in [-0.05, 0) is 35.6 Å². The quantitative estimate of drug-likeness (QED) is 0.841. The first kappa shape index (κ1) is 13.2. The Balaban J connectivity index is 2.20. The van der Waals surface area contributed by atoms with E-state index < -0.39 is 17.3 Å². The fourth-order valence-corrected chi connectivity index (χ4v) is 3.04. The van der Waals surface area contributed by atoms with Crippen LogP contribution in [0.3, 0.4) is 0 Å². The van der Waals surface area contributed by atoms with Gasteiger partial charge >= 0.3 is 6.18 Å². The molecule has 0 spiro atoms. The van der Waals surface area contributed by atoms with E-state index >= 15 is 0 Å². The summed E-state index contributed by atoms with van der Waals surface area (Å²) in [6.07, 6.45) is -3.18. The van der Waals surface area contributed by atoms with Crippen molar-refractivity contribution in [1.82, 2.24) is 0 Å². The molecule has 3 rings (SSSR count). The molecule has 1 unspecified atom stereocenters. The van der Waals surface area contributed by atoms with E-state index in [1.807, 2.05) is 24.3 Å². The second kappa shape index (κ2) is 4.35. The highest BCUT2D eigenvalue weighted by Crippen LogP contribution is 2.44. The fourth-order valence-electron chi connectivity index (χ4n) is 3.04. The summed E-state index contributed by atoms with van der Waals surface area (Å²) in [7, 11) is 0. The van der Waals surface area contributed by atoms with E-state index in [0.717, 1.165) is 17.2 Å². The minimum Gasteiger partial charge on any atom is -0.318 e. The molecule has 20 heavy (non-hydrogen) atoms. The molecule has 1 aliphatic rings. The number of hydrogen-bond donors (Lipinski definition) is 1. The standard InChI is InChI=1S/C16H14F3N/c17-16(18,19)14-8-4-3-7-13(14)15(20)10-9-11-5-1-2-6-12(11)15/h1-8H,9-10,20H2. The number of nitrogens with two attached hydrogens (primary N) is 1. The Morgan fingerprint density at radius 2 is 1.50 bits per heavy atom. The molecule has 0 aliphatic heterocycles. The SMILES string of the molecule is NC1(c2ccccc2C(F)(F)F)CCc2ccccc21. The summed E-state index contributed by atoms with van der Waals surface area (Å²) in [5.74, 6) is 0. The van der Waals surface area contributed by atoms with Crippen molar-refractivity contribution in [3.63, 3.8) is 0 Å². The number of halogens is 3. The Kier molecular flexibility index (Phi) is 2.87. The van der Waals surface area contributed by atoms with Gasteiger partial charge in [0.25, 0.3) is 0 Å². The minimum absolute atomic E-state index is 0.164. The second-order valence-electron chi connectivity index (χ2n) is 5.17. The third kappa shape index (κ3) is 1.91. The number of rotatable bonds is 1. The van der Waals surface area contributed by atoms with Crippen LogP contribution in [0.2, 0.25) is 0 Å². The maximum absolute atomic E-state index is 13.2. The molecule has 0 bridgehead atoms. The summed E-state index contributed by atoms with van der Waals surface area (Å²) in [4.78, 5) is 0. The number of fused-ring (bicyclic) bond motifs is 1. The van der Waals surface area contributed by atoms with Crippen LogP contribution in [0.4, 0.5) is 13.2 Å². The largest absolute Gasteiger partial charge is 0.416 e. The van der Waals surface area contributed by atoms with Crippen molar-refractivity contribution in [2.24, 2.45) is 5.73 Å². The predicted octanol–water partition coefficient (Wildman–Crippen LogP) is 3.85. The minimum atomic E-state index is -4.39. The number of benzene rings is 2. The van der Waals surface area contributed by atoms with E-state index in [1.165, 1.54) is 12.1 Å². The summed E-state index contributed by atoms with van der Waals surface area (Å²) in [6.45, 7) is 0. The zero-order valence-corrected chi connectivity index (χ0v) is 10.7. The summed E-state index contributed by atoms with van der Waals surface area (Å²) >= 11 is 0. The first-order valence-electron chi connectivity index (χ1n) is 6.47. The first-order valence-corrected chi connectivity index (χ1v) is 6.47. The molecule has 0 radical (unpaired) electrons. The summed E-state index contributed by atoms with van der Waals surface area (Å²) < 4.78 is 39.6. The molecule has 0 aromatic heterocycles. The van der Waals surface area contributed by atoms with Crippen LogP contribution >= 0.6 is 0 Å². The molecule has 0 saturated heterocycles. The fraction of sp³-hybridized carbons (Fsp3) is 0.250. The smallest absolute Gasteiger partial charge is 0.318 e. The van der Waals surface area contributed by atoms with Crippen LogP contribution in [0.15, 0.2) is 48.5 Å². The normalized spacial score (nSPS) is 21.8. The van der Waals surface area contributed by atoms with E-state index in [9.17, 15) is 13.2 Å². The van der Waals surface area contributed by atoms with Crippen LogP contribution in [0, 0.1) is 0 Å². The van der Waals surface area contributed by atoms with Gasteiger partial charge in [0.15, 0.2) is 0 Å². The Bertz CT molecular complexity index is 648. The van der Waals surface area contributed by atoms with Crippen LogP contribution in [0.5, 0.6) is 0 Å². The molecule has 4 heteroatoms. The van der Waals surface area contributed by atoms with Crippen molar-refractivity contribution in [3.05, 3.63) is 70.8 Å². The maximum atomic E-state index is 13.2. The van der Waals surface area contributed by atoms with E-state index in [0.29, 0.717) is 12.8 Å². The summed E-state index contributed by atoms with van der Waals surface area (Å²) in [5, 5.41) is 0. The Labute approximate surface area is 115 Å². The van der Waals surface area contributed by atoms with Gasteiger partial charge in [0.2, 0.25) is 0 Å². The average Bonchev–Trinajstić information content (AvgIpc) is 2.77. The third-order valence-electron chi connectivity index (χ3n) is 4.00. The lowest BCUT2D eigenvalue weighted by atomic mass is 9.82. The van der Waals surface area contributed by atoms with Crippen molar-refractivity contribution in [1.29, 1.82) is 0 Å². The molecule has 0 fully saturated rings. The lowest BCUT2D eigenvalue weighted by molar-refractivity contribution is -0.138. The van der Waals surface area contributed by atoms with Crippen molar-refractivity contribution in [2.75, 3.05) is 0 Å². The maximum Gasteiger partial charge on any atom is 0.416 e. The van der Waals surface area contributed by atoms with Crippen LogP contribution in [-0.2, 0) is 18.1 Å². The average molecular weight is 277 g/mol. The van der Waals surface area contributed by atoms with Gasteiger partial charge < -0.3 is 5.73 Å². The van der Waals surface area contributed by atoms with Crippen LogP contribution in [-0.4, -0.2) is 0 Å². The Morgan fingerprint density at radius 1 is 0.900 bits per heavy atom. The summed E-state index contributed by atoms with van der Waals surface area (Å²) in [6, 6.07) is 13.1. The molecule has 2 aromatic rings. The highest BCUT2D eigenvalue weighted by Gasteiger charge is 2.43. The molecule has 2 N–H and O–H groups in total. The van der Waals surface area contributed by atoms with Gasteiger partial charge in [-0.15, -0.1) is 0 Å². The Morgan fingerprint density at radius 3 is 2.20 bits per heavy atom. The topological polar surface area (TPSA) is 26.0 Å². The molecule has 104 valence electrons. The number of aryl methyl sites for hydroxylation is 1. The number of alkyl halides is 3. The summed E-state index contributed by atoms with van der Waals surface area (Å²) in [5.41, 5.74) is 6.70. The van der Waals surface area contributed by atoms with E-state index in [4.69, 9.17) is 5.73 Å². The zero-order valence-electron chi connectivity index (χ0n) is 10.7. The predicted molar refractivity (Wildman–Crippen MR) is 71.2 cm³/mol. The van der Waals surface area contributed by atoms with Gasteiger partial charge in [0.1, 0.15) is 0 Å². The van der Waals surface area contributed by atoms with Gasteiger partial charge in [0, 0.05) is 0 Å². The van der Waals surface area contributed by atoms with Gasteiger partial charge in [-0.25, -0.2) is 0 Å². The number of hydrogen-bond acceptors (Lipinski definition) is 1. The van der Waals surface area contributed by atoms with Crippen molar-refractivity contribution in [3.8, 4) is 0 Å². The van der Waals surface area contributed by atoms with Gasteiger partial charge in [-0.3, -0.25) is 0 Å². The molecular formula is C16H14F3N. The molecule has 0 amide bonds. The molecule has 1 aliphatic carbocycles. The van der Waals surface area contributed by atoms with Crippen LogP contribution < -0.4 is 5.73 Å². The van der Waals surface area contributed by atoms with Crippen molar-refractivity contribution < 1.29 is 13.2 Å². The Hall–Kier alpha value is -1.81. The van der Waals surface area contributed by atoms with Crippen molar-refractivity contribution in [2.45, 2.75) is 24.6 Å². The molecule has 0 saturated carbocycles. The van der Waals surface area contributed by atoms with Gasteiger partial charge in [-0.1, -0.05) is 42.5 Å². The molecule has 2 aromatic carbocycles. The van der Waals surface area contributed by atoms with Crippen LogP contribution in [0.25, 0.3) is 0 Å². The van der Waals surface area contributed by atoms with Gasteiger partial charge in [0.05, 0.1) is 11.1 Å². The van der Waals surface area contributed by atoms with E-state index in [-0.39, 0.29) is 5.56 Å². The van der Waals surface area contributed by atoms with E-state index in [1.54, 1.807) is 6.07 Å². The first-order chi connectivity index (χ1) is 9.43. The molecule has 0 heterocycles. The lowest BCUT2D eigenvalue weighted by Gasteiger charge is -2.29. The highest BCUT2D eigenvalue weighted by molar-refractivity contribution is 5.49. The van der Waals surface area contributed by atoms with Gasteiger partial charge in [-0.2, -0.15) is 13.2 Å². The van der Waals surface area contributed by atoms with Crippen LogP contribution in [0.1, 0.15) is 28.7 Å². The van der Waals surface area contributed by atoms with Crippen molar-refractivity contribution >= 4 is 0 Å². The monoisotopic (exact) mass is 277 g/mol.